The van der Waals surface area contributed by atoms with Gasteiger partial charge in [-0.05, 0) is 17.7 Å². The lowest BCUT2D eigenvalue weighted by Crippen LogP contribution is -2.10. The van der Waals surface area contributed by atoms with Gasteiger partial charge in [-0.1, -0.05) is 6.07 Å². The van der Waals surface area contributed by atoms with Gasteiger partial charge in [-0.2, -0.15) is 0 Å². The van der Waals surface area contributed by atoms with Crippen LogP contribution in [0.1, 0.15) is 12.0 Å². The highest BCUT2D eigenvalue weighted by Gasteiger charge is 2.09. The van der Waals surface area contributed by atoms with E-state index in [-0.39, 0.29) is 0 Å². The first-order chi connectivity index (χ1) is 7.40. The van der Waals surface area contributed by atoms with Crippen LogP contribution in [0, 0.1) is 0 Å². The Balaban J connectivity index is 2.13. The smallest absolute Gasteiger partial charge is 0.161 e. The van der Waals surface area contributed by atoms with Crippen molar-refractivity contribution in [2.24, 2.45) is 0 Å². The van der Waals surface area contributed by atoms with Crippen molar-refractivity contribution in [1.82, 2.24) is 5.32 Å². The monoisotopic (exact) mass is 227 g/mol. The quantitative estimate of drug-likeness (QED) is 0.634. The molecule has 0 saturated carbocycles. The average molecular weight is 228 g/mol. The molecule has 0 unspecified atom stereocenters. The summed E-state index contributed by atoms with van der Waals surface area (Å²) in [6.45, 7) is 2.20. The lowest BCUT2D eigenvalue weighted by atomic mass is 10.2. The third kappa shape index (κ3) is 2.76. The number of ether oxygens (including phenoxy) is 2. The summed E-state index contributed by atoms with van der Waals surface area (Å²) >= 11 is 5.55. The molecule has 0 aromatic heterocycles. The third-order valence-electron chi connectivity index (χ3n) is 2.24. The molecule has 1 aliphatic heterocycles. The summed E-state index contributed by atoms with van der Waals surface area (Å²) in [6, 6.07) is 6.42. The number of benzene rings is 1. The Morgan fingerprint density at radius 3 is 2.80 bits per heavy atom. The van der Waals surface area contributed by atoms with Crippen LogP contribution in [-0.4, -0.2) is 19.2 Å². The van der Waals surface area contributed by atoms with Crippen molar-refractivity contribution in [3.8, 4) is 11.5 Å². The molecule has 1 aromatic carbocycles. The highest BCUT2D eigenvalue weighted by atomic mass is 35.5. The summed E-state index contributed by atoms with van der Waals surface area (Å²) < 4.78 is 11.1. The van der Waals surface area contributed by atoms with Crippen molar-refractivity contribution in [3.05, 3.63) is 23.8 Å². The van der Waals surface area contributed by atoms with Gasteiger partial charge in [0.1, 0.15) is 0 Å². The summed E-state index contributed by atoms with van der Waals surface area (Å²) in [4.78, 5) is 0. The zero-order valence-corrected chi connectivity index (χ0v) is 9.22. The van der Waals surface area contributed by atoms with E-state index in [1.165, 1.54) is 0 Å². The van der Waals surface area contributed by atoms with Crippen LogP contribution in [-0.2, 0) is 6.54 Å². The number of nitrogens with one attached hydrogen (secondary N) is 1. The highest BCUT2D eigenvalue weighted by Crippen LogP contribution is 2.30. The van der Waals surface area contributed by atoms with Crippen LogP contribution in [0.2, 0.25) is 0 Å². The van der Waals surface area contributed by atoms with Crippen molar-refractivity contribution in [1.29, 1.82) is 0 Å². The second-order valence-electron chi connectivity index (χ2n) is 3.39. The molecule has 0 saturated heterocycles. The van der Waals surface area contributed by atoms with Crippen molar-refractivity contribution in [2.75, 3.05) is 19.2 Å². The zero-order valence-electron chi connectivity index (χ0n) is 8.46. The lowest BCUT2D eigenvalue weighted by Gasteiger charge is -2.09. The SMILES string of the molecule is ClCNCc1ccc2c(c1)OCCCO2. The van der Waals surface area contributed by atoms with Gasteiger partial charge in [0.15, 0.2) is 11.5 Å². The predicted octanol–water partition coefficient (Wildman–Crippen LogP) is 2.13. The Kier molecular flexibility index (Phi) is 3.69. The zero-order chi connectivity index (χ0) is 10.5. The summed E-state index contributed by atoms with van der Waals surface area (Å²) in [5.41, 5.74) is 1.15. The molecule has 2 rings (SSSR count). The van der Waals surface area contributed by atoms with Gasteiger partial charge < -0.3 is 9.47 Å². The molecule has 1 N–H and O–H groups in total. The third-order valence-corrected chi connectivity index (χ3v) is 2.42. The normalized spacial score (nSPS) is 14.7. The van der Waals surface area contributed by atoms with E-state index < -0.39 is 0 Å². The minimum atomic E-state index is 0.453. The maximum absolute atomic E-state index is 5.58. The van der Waals surface area contributed by atoms with E-state index in [0.717, 1.165) is 43.2 Å². The molecule has 0 aliphatic carbocycles. The van der Waals surface area contributed by atoms with Crippen molar-refractivity contribution >= 4 is 11.6 Å². The maximum Gasteiger partial charge on any atom is 0.161 e. The van der Waals surface area contributed by atoms with Crippen LogP contribution in [0.5, 0.6) is 11.5 Å². The fourth-order valence-corrected chi connectivity index (χ4v) is 1.60. The van der Waals surface area contributed by atoms with Gasteiger partial charge in [0, 0.05) is 13.0 Å². The van der Waals surface area contributed by atoms with Gasteiger partial charge >= 0.3 is 0 Å². The Morgan fingerprint density at radius 1 is 1.20 bits per heavy atom. The number of alkyl halides is 1. The molecule has 82 valence electrons. The van der Waals surface area contributed by atoms with Crippen LogP contribution >= 0.6 is 11.6 Å². The second kappa shape index (κ2) is 5.24. The Labute approximate surface area is 94.3 Å². The van der Waals surface area contributed by atoms with Crippen LogP contribution in [0.3, 0.4) is 0 Å². The summed E-state index contributed by atoms with van der Waals surface area (Å²) in [5.74, 6) is 1.67. The molecule has 0 fully saturated rings. The number of hydrogen-bond donors (Lipinski definition) is 1. The fourth-order valence-electron chi connectivity index (χ4n) is 1.51. The molecule has 1 aromatic rings. The Morgan fingerprint density at radius 2 is 2.00 bits per heavy atom. The molecular weight excluding hydrogens is 214 g/mol. The van der Waals surface area contributed by atoms with Crippen molar-refractivity contribution in [3.63, 3.8) is 0 Å². The summed E-state index contributed by atoms with van der Waals surface area (Å²) in [5, 5.41) is 3.06. The minimum absolute atomic E-state index is 0.453. The first-order valence-corrected chi connectivity index (χ1v) is 5.59. The topological polar surface area (TPSA) is 30.5 Å². The molecule has 1 aliphatic rings. The Bertz CT molecular complexity index is 330. The molecular formula is C11H14ClNO2. The molecule has 0 amide bonds. The maximum atomic E-state index is 5.58. The molecule has 0 radical (unpaired) electrons. The molecule has 0 atom stereocenters. The van der Waals surface area contributed by atoms with Gasteiger partial charge in [-0.3, -0.25) is 5.32 Å². The highest BCUT2D eigenvalue weighted by molar-refractivity contribution is 6.17. The second-order valence-corrected chi connectivity index (χ2v) is 3.66. The first kappa shape index (κ1) is 10.6. The van der Waals surface area contributed by atoms with Crippen LogP contribution < -0.4 is 14.8 Å². The van der Waals surface area contributed by atoms with Gasteiger partial charge in [-0.15, -0.1) is 11.6 Å². The molecule has 1 heterocycles. The molecule has 4 heteroatoms. The van der Waals surface area contributed by atoms with Crippen molar-refractivity contribution < 1.29 is 9.47 Å². The van der Waals surface area contributed by atoms with Crippen molar-refractivity contribution in [2.45, 2.75) is 13.0 Å². The fraction of sp³-hybridized carbons (Fsp3) is 0.455. The van der Waals surface area contributed by atoms with E-state index in [4.69, 9.17) is 21.1 Å². The van der Waals surface area contributed by atoms with Gasteiger partial charge in [-0.25, -0.2) is 0 Å². The molecule has 3 nitrogen and oxygen atoms in total. The summed E-state index contributed by atoms with van der Waals surface area (Å²) in [7, 11) is 0. The molecule has 0 spiro atoms. The lowest BCUT2D eigenvalue weighted by molar-refractivity contribution is 0.297. The average Bonchev–Trinajstić information content (AvgIpc) is 2.50. The van der Waals surface area contributed by atoms with E-state index in [1.807, 2.05) is 18.2 Å². The standard InChI is InChI=1S/C11H14ClNO2/c12-8-13-7-9-2-3-10-11(6-9)15-5-1-4-14-10/h2-3,6,13H,1,4-5,7-8H2. The van der Waals surface area contributed by atoms with Crippen LogP contribution in [0.4, 0.5) is 0 Å². The van der Waals surface area contributed by atoms with E-state index in [0.29, 0.717) is 6.00 Å². The predicted molar refractivity (Wildman–Crippen MR) is 59.6 cm³/mol. The minimum Gasteiger partial charge on any atom is -0.490 e. The number of rotatable bonds is 3. The largest absolute Gasteiger partial charge is 0.490 e. The van der Waals surface area contributed by atoms with E-state index in [1.54, 1.807) is 0 Å². The number of halogens is 1. The van der Waals surface area contributed by atoms with Gasteiger partial charge in [0.2, 0.25) is 0 Å². The van der Waals surface area contributed by atoms with Gasteiger partial charge in [0.05, 0.1) is 19.2 Å². The van der Waals surface area contributed by atoms with E-state index >= 15 is 0 Å². The van der Waals surface area contributed by atoms with E-state index in [2.05, 4.69) is 5.32 Å². The first-order valence-electron chi connectivity index (χ1n) is 5.05. The van der Waals surface area contributed by atoms with E-state index in [9.17, 15) is 0 Å². The van der Waals surface area contributed by atoms with Crippen LogP contribution in [0.25, 0.3) is 0 Å². The van der Waals surface area contributed by atoms with Gasteiger partial charge in [0.25, 0.3) is 0 Å². The number of fused-ring (bicyclic) bond motifs is 1. The number of hydrogen-bond acceptors (Lipinski definition) is 3. The molecule has 0 bridgehead atoms. The molecule has 15 heavy (non-hydrogen) atoms. The van der Waals surface area contributed by atoms with Crippen LogP contribution in [0.15, 0.2) is 18.2 Å². The summed E-state index contributed by atoms with van der Waals surface area (Å²) in [6.07, 6.45) is 0.934. The Hall–Kier alpha value is -0.930.